The maximum atomic E-state index is 12.8. The SMILES string of the molecule is CC.CC(C)(C)C(=O)C(C)(C)CC(C)(C)C1CCN(C(C)(C)C)CC1. The summed E-state index contributed by atoms with van der Waals surface area (Å²) in [5, 5.41) is 0. The Kier molecular flexibility index (Phi) is 8.42. The van der Waals surface area contributed by atoms with E-state index in [-0.39, 0.29) is 21.8 Å². The molecule has 0 bridgehead atoms. The Bertz CT molecular complexity index is 412. The largest absolute Gasteiger partial charge is 0.299 e. The molecule has 1 aliphatic heterocycles. The molecular weight excluding hydrogens is 306 g/mol. The minimum Gasteiger partial charge on any atom is -0.299 e. The van der Waals surface area contributed by atoms with E-state index in [9.17, 15) is 4.79 Å². The van der Waals surface area contributed by atoms with Crippen LogP contribution in [0.1, 0.15) is 102 Å². The molecule has 0 aromatic heterocycles. The molecule has 1 saturated heterocycles. The summed E-state index contributed by atoms with van der Waals surface area (Å²) >= 11 is 0. The Labute approximate surface area is 159 Å². The highest BCUT2D eigenvalue weighted by atomic mass is 16.1. The molecule has 0 unspecified atom stereocenters. The lowest BCUT2D eigenvalue weighted by atomic mass is 9.62. The number of ketones is 1. The van der Waals surface area contributed by atoms with E-state index in [4.69, 9.17) is 0 Å². The van der Waals surface area contributed by atoms with Crippen LogP contribution in [0.4, 0.5) is 0 Å². The lowest BCUT2D eigenvalue weighted by molar-refractivity contribution is -0.137. The van der Waals surface area contributed by atoms with Crippen LogP contribution >= 0.6 is 0 Å². The van der Waals surface area contributed by atoms with Crippen molar-refractivity contribution >= 4 is 5.78 Å². The first-order chi connectivity index (χ1) is 11.1. The van der Waals surface area contributed by atoms with Crippen LogP contribution in [-0.2, 0) is 4.79 Å². The Morgan fingerprint density at radius 2 is 1.24 bits per heavy atom. The van der Waals surface area contributed by atoms with Gasteiger partial charge in [0.1, 0.15) is 5.78 Å². The molecule has 0 N–H and O–H groups in total. The van der Waals surface area contributed by atoms with Crippen molar-refractivity contribution in [1.82, 2.24) is 4.90 Å². The van der Waals surface area contributed by atoms with Crippen LogP contribution in [0.25, 0.3) is 0 Å². The number of likely N-dealkylation sites (tertiary alicyclic amines) is 1. The predicted molar refractivity (Wildman–Crippen MR) is 112 cm³/mol. The topological polar surface area (TPSA) is 20.3 Å². The molecule has 25 heavy (non-hydrogen) atoms. The first-order valence-corrected chi connectivity index (χ1v) is 10.4. The van der Waals surface area contributed by atoms with Gasteiger partial charge in [0, 0.05) is 16.4 Å². The van der Waals surface area contributed by atoms with Crippen molar-refractivity contribution in [3.63, 3.8) is 0 Å². The fourth-order valence-electron chi connectivity index (χ4n) is 4.71. The number of rotatable bonds is 4. The molecule has 0 amide bonds. The number of carbonyl (C=O) groups excluding carboxylic acids is 1. The highest BCUT2D eigenvalue weighted by Gasteiger charge is 2.43. The Hall–Kier alpha value is -0.370. The second-order valence-electron chi connectivity index (χ2n) is 11.1. The molecule has 2 nitrogen and oxygen atoms in total. The Balaban J connectivity index is 0.00000277. The van der Waals surface area contributed by atoms with Crippen molar-refractivity contribution < 1.29 is 4.79 Å². The number of hydrogen-bond donors (Lipinski definition) is 0. The van der Waals surface area contributed by atoms with Gasteiger partial charge in [0.2, 0.25) is 0 Å². The number of carbonyl (C=O) groups is 1. The molecule has 1 heterocycles. The third-order valence-corrected chi connectivity index (χ3v) is 5.74. The summed E-state index contributed by atoms with van der Waals surface area (Å²) in [6.45, 7) is 28.5. The van der Waals surface area contributed by atoms with Crippen molar-refractivity contribution in [3.05, 3.63) is 0 Å². The van der Waals surface area contributed by atoms with Gasteiger partial charge in [-0.1, -0.05) is 62.3 Å². The van der Waals surface area contributed by atoms with Crippen molar-refractivity contribution in [3.8, 4) is 0 Å². The quantitative estimate of drug-likeness (QED) is 0.569. The minimum absolute atomic E-state index is 0.217. The van der Waals surface area contributed by atoms with Gasteiger partial charge in [-0.25, -0.2) is 0 Å². The van der Waals surface area contributed by atoms with Crippen LogP contribution in [0.15, 0.2) is 0 Å². The van der Waals surface area contributed by atoms with Gasteiger partial charge in [-0.15, -0.1) is 0 Å². The molecule has 0 aliphatic carbocycles. The summed E-state index contributed by atoms with van der Waals surface area (Å²) in [6, 6.07) is 0. The molecule has 1 fully saturated rings. The summed E-state index contributed by atoms with van der Waals surface area (Å²) in [7, 11) is 0. The van der Waals surface area contributed by atoms with Crippen LogP contribution in [0.2, 0.25) is 0 Å². The van der Waals surface area contributed by atoms with E-state index in [0.29, 0.717) is 11.7 Å². The van der Waals surface area contributed by atoms with Gasteiger partial charge in [0.05, 0.1) is 0 Å². The van der Waals surface area contributed by atoms with Gasteiger partial charge >= 0.3 is 0 Å². The first-order valence-electron chi connectivity index (χ1n) is 10.4. The maximum Gasteiger partial charge on any atom is 0.143 e. The summed E-state index contributed by atoms with van der Waals surface area (Å²) in [5.41, 5.74) is -0.0109. The fourth-order valence-corrected chi connectivity index (χ4v) is 4.71. The molecule has 0 atom stereocenters. The van der Waals surface area contributed by atoms with Crippen molar-refractivity contribution in [2.75, 3.05) is 13.1 Å². The Morgan fingerprint density at radius 1 is 0.840 bits per heavy atom. The van der Waals surface area contributed by atoms with E-state index in [1.54, 1.807) is 0 Å². The number of hydrogen-bond acceptors (Lipinski definition) is 2. The maximum absolute atomic E-state index is 12.8. The first kappa shape index (κ1) is 24.6. The number of nitrogens with zero attached hydrogens (tertiary/aromatic N) is 1. The van der Waals surface area contributed by atoms with Crippen molar-refractivity contribution in [2.45, 2.75) is 108 Å². The zero-order valence-electron chi connectivity index (χ0n) is 19.5. The lowest BCUT2D eigenvalue weighted by Gasteiger charge is -2.47. The fraction of sp³-hybridized carbons (Fsp3) is 0.957. The van der Waals surface area contributed by atoms with Crippen LogP contribution in [0.5, 0.6) is 0 Å². The normalized spacial score (nSPS) is 18.6. The third-order valence-electron chi connectivity index (χ3n) is 5.74. The molecule has 0 spiro atoms. The lowest BCUT2D eigenvalue weighted by Crippen LogP contribution is -2.49. The summed E-state index contributed by atoms with van der Waals surface area (Å²) < 4.78 is 0. The molecule has 1 rings (SSSR count). The summed E-state index contributed by atoms with van der Waals surface area (Å²) in [6.07, 6.45) is 3.49. The molecule has 0 saturated carbocycles. The zero-order chi connectivity index (χ0) is 20.3. The average molecular weight is 354 g/mol. The molecule has 2 heteroatoms. The van der Waals surface area contributed by atoms with Crippen LogP contribution in [0, 0.1) is 22.2 Å². The molecule has 1 aliphatic rings. The van der Waals surface area contributed by atoms with E-state index in [1.807, 2.05) is 34.6 Å². The monoisotopic (exact) mass is 353 g/mol. The highest BCUT2D eigenvalue weighted by molar-refractivity contribution is 5.88. The summed E-state index contributed by atoms with van der Waals surface area (Å²) in [5.74, 6) is 1.11. The van der Waals surface area contributed by atoms with Gasteiger partial charge in [-0.2, -0.15) is 0 Å². The number of Topliss-reactive ketones (excluding diaryl/α,β-unsaturated/α-hetero) is 1. The van der Waals surface area contributed by atoms with Crippen molar-refractivity contribution in [1.29, 1.82) is 0 Å². The molecule has 0 aromatic carbocycles. The van der Waals surface area contributed by atoms with E-state index >= 15 is 0 Å². The average Bonchev–Trinajstić information content (AvgIpc) is 2.46. The highest BCUT2D eigenvalue weighted by Crippen LogP contribution is 2.46. The van der Waals surface area contributed by atoms with Crippen molar-refractivity contribution in [2.24, 2.45) is 22.2 Å². The van der Waals surface area contributed by atoms with Crippen LogP contribution in [0.3, 0.4) is 0 Å². The molecule has 0 aromatic rings. The van der Waals surface area contributed by atoms with Gasteiger partial charge < -0.3 is 0 Å². The minimum atomic E-state index is -0.255. The molecular formula is C23H47NO. The van der Waals surface area contributed by atoms with Crippen LogP contribution < -0.4 is 0 Å². The third kappa shape index (κ3) is 7.04. The standard InChI is InChI=1S/C21H41NO.C2H6/c1-18(2,3)17(23)21(9,10)15-20(7,8)16-11-13-22(14-12-16)19(4,5)6;1-2/h16H,11-15H2,1-10H3;1-2H3. The predicted octanol–water partition coefficient (Wildman–Crippen LogP) is 6.58. The zero-order valence-corrected chi connectivity index (χ0v) is 19.5. The second kappa shape index (κ2) is 8.55. The summed E-state index contributed by atoms with van der Waals surface area (Å²) in [4.78, 5) is 15.4. The van der Waals surface area contributed by atoms with E-state index in [0.717, 1.165) is 6.42 Å². The van der Waals surface area contributed by atoms with Crippen LogP contribution in [-0.4, -0.2) is 29.3 Å². The molecule has 150 valence electrons. The molecule has 0 radical (unpaired) electrons. The van der Waals surface area contributed by atoms with Gasteiger partial charge in [0.25, 0.3) is 0 Å². The van der Waals surface area contributed by atoms with E-state index in [2.05, 4.69) is 53.4 Å². The van der Waals surface area contributed by atoms with Gasteiger partial charge in [-0.05, 0) is 64.5 Å². The van der Waals surface area contributed by atoms with Gasteiger partial charge in [-0.3, -0.25) is 9.69 Å². The second-order valence-corrected chi connectivity index (χ2v) is 11.1. The smallest absolute Gasteiger partial charge is 0.143 e. The van der Waals surface area contributed by atoms with E-state index in [1.165, 1.54) is 25.9 Å². The number of piperidine rings is 1. The van der Waals surface area contributed by atoms with Gasteiger partial charge in [0.15, 0.2) is 0 Å². The Morgan fingerprint density at radius 3 is 1.56 bits per heavy atom. The van der Waals surface area contributed by atoms with E-state index < -0.39 is 0 Å².